The van der Waals surface area contributed by atoms with Crippen molar-refractivity contribution >= 4 is 16.9 Å². The number of furan rings is 1. The molecule has 1 aliphatic rings. The molecule has 5 heteroatoms. The zero-order valence-electron chi connectivity index (χ0n) is 16.3. The number of piperidine rings is 1. The summed E-state index contributed by atoms with van der Waals surface area (Å²) in [6.07, 6.45) is 2.84. The molecule has 3 aromatic rings. The third kappa shape index (κ3) is 3.27. The lowest BCUT2D eigenvalue weighted by atomic mass is 9.96. The Bertz CT molecular complexity index is 954. The number of fused-ring (bicyclic) bond motifs is 1. The van der Waals surface area contributed by atoms with Crippen LogP contribution in [0, 0.1) is 0 Å². The molecule has 1 unspecified atom stereocenters. The summed E-state index contributed by atoms with van der Waals surface area (Å²) in [6.45, 7) is 7.88. The van der Waals surface area contributed by atoms with Gasteiger partial charge in [0.1, 0.15) is 11.6 Å². The average molecular weight is 365 g/mol. The van der Waals surface area contributed by atoms with Crippen LogP contribution in [-0.4, -0.2) is 33.4 Å². The highest BCUT2D eigenvalue weighted by Crippen LogP contribution is 2.32. The first kappa shape index (κ1) is 17.8. The molecule has 5 nitrogen and oxygen atoms in total. The van der Waals surface area contributed by atoms with E-state index in [0.29, 0.717) is 18.3 Å². The molecule has 27 heavy (non-hydrogen) atoms. The summed E-state index contributed by atoms with van der Waals surface area (Å²) >= 11 is 0. The average Bonchev–Trinajstić information content (AvgIpc) is 3.32. The molecule has 3 heterocycles. The minimum absolute atomic E-state index is 0.00777. The second-order valence-electron chi connectivity index (χ2n) is 7.63. The third-order valence-electron chi connectivity index (χ3n) is 5.43. The second kappa shape index (κ2) is 7.22. The van der Waals surface area contributed by atoms with E-state index in [2.05, 4.69) is 36.6 Å². The molecule has 0 radical (unpaired) electrons. The molecule has 142 valence electrons. The molecular formula is C22H27N3O2. The van der Waals surface area contributed by atoms with Crippen LogP contribution in [-0.2, 0) is 6.42 Å². The van der Waals surface area contributed by atoms with Gasteiger partial charge in [-0.3, -0.25) is 4.79 Å². The smallest absolute Gasteiger partial charge is 0.289 e. The highest BCUT2D eigenvalue weighted by molar-refractivity contribution is 5.91. The van der Waals surface area contributed by atoms with Crippen LogP contribution in [0.1, 0.15) is 67.7 Å². The van der Waals surface area contributed by atoms with Crippen molar-refractivity contribution in [2.45, 2.75) is 52.0 Å². The largest absolute Gasteiger partial charge is 0.456 e. The van der Waals surface area contributed by atoms with Gasteiger partial charge in [0.25, 0.3) is 5.91 Å². The van der Waals surface area contributed by atoms with Gasteiger partial charge in [0.15, 0.2) is 5.76 Å². The monoisotopic (exact) mass is 365 g/mol. The van der Waals surface area contributed by atoms with E-state index >= 15 is 0 Å². The highest BCUT2D eigenvalue weighted by atomic mass is 16.4. The van der Waals surface area contributed by atoms with Crippen LogP contribution < -0.4 is 0 Å². The number of hydrogen-bond donors (Lipinski definition) is 0. The number of aromatic nitrogens is 2. The summed E-state index contributed by atoms with van der Waals surface area (Å²) in [7, 11) is 0. The first-order valence-electron chi connectivity index (χ1n) is 9.93. The lowest BCUT2D eigenvalue weighted by Gasteiger charge is -2.32. The Hall–Kier alpha value is -2.56. The van der Waals surface area contributed by atoms with Crippen LogP contribution in [0.2, 0.25) is 0 Å². The summed E-state index contributed by atoms with van der Waals surface area (Å²) < 4.78 is 8.02. The molecule has 1 amide bonds. The predicted molar refractivity (Wildman–Crippen MR) is 106 cm³/mol. The SMILES string of the molecule is CCc1ccc(C(=O)N2CCCC(c3nc4ccccc4n3C(C)C)C2)o1. The summed E-state index contributed by atoms with van der Waals surface area (Å²) in [4.78, 5) is 19.8. The van der Waals surface area contributed by atoms with Crippen molar-refractivity contribution in [1.82, 2.24) is 14.5 Å². The highest BCUT2D eigenvalue weighted by Gasteiger charge is 2.30. The zero-order valence-corrected chi connectivity index (χ0v) is 16.3. The Labute approximate surface area is 160 Å². The minimum Gasteiger partial charge on any atom is -0.456 e. The van der Waals surface area contributed by atoms with Gasteiger partial charge in [-0.05, 0) is 51.0 Å². The first-order valence-corrected chi connectivity index (χ1v) is 9.93. The summed E-state index contributed by atoms with van der Waals surface area (Å²) in [5.41, 5.74) is 2.20. The molecule has 1 atom stereocenters. The number of aryl methyl sites for hydroxylation is 1. The number of hydrogen-bond acceptors (Lipinski definition) is 3. The van der Waals surface area contributed by atoms with Gasteiger partial charge in [0.05, 0.1) is 11.0 Å². The van der Waals surface area contributed by atoms with Gasteiger partial charge in [-0.25, -0.2) is 4.98 Å². The third-order valence-corrected chi connectivity index (χ3v) is 5.43. The number of nitrogens with zero attached hydrogens (tertiary/aromatic N) is 3. The lowest BCUT2D eigenvalue weighted by molar-refractivity contribution is 0.0669. The lowest BCUT2D eigenvalue weighted by Crippen LogP contribution is -2.39. The molecule has 2 aromatic heterocycles. The van der Waals surface area contributed by atoms with Gasteiger partial charge >= 0.3 is 0 Å². The van der Waals surface area contributed by atoms with Crippen molar-refractivity contribution < 1.29 is 9.21 Å². The van der Waals surface area contributed by atoms with Crippen molar-refractivity contribution in [1.29, 1.82) is 0 Å². The van der Waals surface area contributed by atoms with Crippen LogP contribution in [0.3, 0.4) is 0 Å². The molecule has 1 fully saturated rings. The number of rotatable bonds is 4. The second-order valence-corrected chi connectivity index (χ2v) is 7.63. The van der Waals surface area contributed by atoms with Crippen LogP contribution >= 0.6 is 0 Å². The molecule has 0 saturated carbocycles. The number of carbonyl (C=O) groups is 1. The number of imidazole rings is 1. The Balaban J connectivity index is 1.62. The van der Waals surface area contributed by atoms with Gasteiger partial charge in [-0.15, -0.1) is 0 Å². The van der Waals surface area contributed by atoms with Gasteiger partial charge in [0.2, 0.25) is 0 Å². The standard InChI is InChI=1S/C22H27N3O2/c1-4-17-11-12-20(27-17)22(26)24-13-7-8-16(14-24)21-23-18-9-5-6-10-19(18)25(21)15(2)3/h5-6,9-12,15-16H,4,7-8,13-14H2,1-3H3. The molecule has 0 aliphatic carbocycles. The van der Waals surface area contributed by atoms with Crippen molar-refractivity contribution in [3.8, 4) is 0 Å². The van der Waals surface area contributed by atoms with E-state index in [4.69, 9.17) is 9.40 Å². The summed E-state index contributed by atoms with van der Waals surface area (Å²) in [5.74, 6) is 2.64. The van der Waals surface area contributed by atoms with Crippen molar-refractivity contribution in [3.63, 3.8) is 0 Å². The molecule has 1 aliphatic heterocycles. The predicted octanol–water partition coefficient (Wildman–Crippen LogP) is 4.79. The Kier molecular flexibility index (Phi) is 4.77. The number of amides is 1. The molecule has 0 N–H and O–H groups in total. The van der Waals surface area contributed by atoms with Crippen LogP contribution in [0.5, 0.6) is 0 Å². The van der Waals surface area contributed by atoms with Crippen molar-refractivity contribution in [2.24, 2.45) is 0 Å². The normalized spacial score (nSPS) is 17.8. The maximum Gasteiger partial charge on any atom is 0.289 e. The van der Waals surface area contributed by atoms with Crippen LogP contribution in [0.4, 0.5) is 0 Å². The summed E-state index contributed by atoms with van der Waals surface area (Å²) in [5, 5.41) is 0. The number of likely N-dealkylation sites (tertiary alicyclic amines) is 1. The fourth-order valence-electron chi connectivity index (χ4n) is 4.10. The van der Waals surface area contributed by atoms with Gasteiger partial charge in [-0.1, -0.05) is 19.1 Å². The molecular weight excluding hydrogens is 338 g/mol. The van der Waals surface area contributed by atoms with E-state index in [0.717, 1.165) is 42.9 Å². The number of para-hydroxylation sites is 2. The minimum atomic E-state index is -0.00777. The maximum absolute atomic E-state index is 12.9. The van der Waals surface area contributed by atoms with E-state index in [1.165, 1.54) is 5.52 Å². The molecule has 0 spiro atoms. The molecule has 0 bridgehead atoms. The van der Waals surface area contributed by atoms with E-state index in [9.17, 15) is 4.79 Å². The fraction of sp³-hybridized carbons (Fsp3) is 0.455. The van der Waals surface area contributed by atoms with Crippen LogP contribution in [0.25, 0.3) is 11.0 Å². The molecule has 4 rings (SSSR count). The Morgan fingerprint density at radius 2 is 2.07 bits per heavy atom. The Morgan fingerprint density at radius 1 is 1.26 bits per heavy atom. The van der Waals surface area contributed by atoms with Gasteiger partial charge in [0, 0.05) is 31.5 Å². The van der Waals surface area contributed by atoms with E-state index in [-0.39, 0.29) is 11.8 Å². The van der Waals surface area contributed by atoms with E-state index < -0.39 is 0 Å². The number of carbonyl (C=O) groups excluding carboxylic acids is 1. The first-order chi connectivity index (χ1) is 13.1. The maximum atomic E-state index is 12.9. The Morgan fingerprint density at radius 3 is 2.81 bits per heavy atom. The van der Waals surface area contributed by atoms with Crippen molar-refractivity contribution in [3.05, 3.63) is 53.7 Å². The number of benzene rings is 1. The molecule has 1 saturated heterocycles. The molecule has 1 aromatic carbocycles. The van der Waals surface area contributed by atoms with Gasteiger partial charge in [-0.2, -0.15) is 0 Å². The van der Waals surface area contributed by atoms with E-state index in [1.54, 1.807) is 6.07 Å². The zero-order chi connectivity index (χ0) is 19.0. The van der Waals surface area contributed by atoms with Gasteiger partial charge < -0.3 is 13.9 Å². The summed E-state index contributed by atoms with van der Waals surface area (Å²) in [6, 6.07) is 12.3. The van der Waals surface area contributed by atoms with Crippen molar-refractivity contribution in [2.75, 3.05) is 13.1 Å². The fourth-order valence-corrected chi connectivity index (χ4v) is 4.10. The quantitative estimate of drug-likeness (QED) is 0.668. The topological polar surface area (TPSA) is 51.3 Å². The van der Waals surface area contributed by atoms with Crippen LogP contribution in [0.15, 0.2) is 40.8 Å². The van der Waals surface area contributed by atoms with E-state index in [1.807, 2.05) is 24.0 Å².